The second-order valence-corrected chi connectivity index (χ2v) is 9.75. The van der Waals surface area contributed by atoms with Gasteiger partial charge in [0.25, 0.3) is 0 Å². The van der Waals surface area contributed by atoms with Gasteiger partial charge in [0, 0.05) is 25.9 Å². The Labute approximate surface area is 205 Å². The molecule has 0 heterocycles. The Morgan fingerprint density at radius 2 is 1.12 bits per heavy atom. The van der Waals surface area contributed by atoms with Gasteiger partial charge in [0.05, 0.1) is 6.42 Å². The second-order valence-electron chi connectivity index (χ2n) is 8.76. The molecule has 8 heteroatoms. The molecule has 2 aliphatic rings. The molecular formula is C25H28N4O2S2. The van der Waals surface area contributed by atoms with E-state index in [1.54, 1.807) is 14.1 Å². The first kappa shape index (κ1) is 23.3. The molecule has 0 spiro atoms. The number of hydrogen-bond donors (Lipinski definition) is 2. The molecule has 2 aromatic rings. The summed E-state index contributed by atoms with van der Waals surface area (Å²) in [5.41, 5.74) is 8.29. The van der Waals surface area contributed by atoms with Crippen molar-refractivity contribution in [3.63, 3.8) is 0 Å². The molecular weight excluding hydrogens is 452 g/mol. The van der Waals surface area contributed by atoms with E-state index in [-0.39, 0.29) is 41.9 Å². The van der Waals surface area contributed by atoms with Crippen molar-refractivity contribution >= 4 is 46.2 Å². The average Bonchev–Trinajstić information content (AvgIpc) is 3.73. The highest BCUT2D eigenvalue weighted by Crippen LogP contribution is 2.48. The van der Waals surface area contributed by atoms with Crippen LogP contribution in [0.1, 0.15) is 42.2 Å². The minimum absolute atomic E-state index is 0.0121. The second kappa shape index (κ2) is 9.97. The van der Waals surface area contributed by atoms with Crippen LogP contribution in [0, 0.1) is 11.8 Å². The molecule has 0 saturated heterocycles. The van der Waals surface area contributed by atoms with Gasteiger partial charge in [0.15, 0.2) is 0 Å². The predicted molar refractivity (Wildman–Crippen MR) is 136 cm³/mol. The smallest absolute Gasteiger partial charge is 0.244 e. The van der Waals surface area contributed by atoms with Gasteiger partial charge in [-0.25, -0.2) is 0 Å². The van der Waals surface area contributed by atoms with E-state index in [4.69, 9.17) is 24.4 Å². The number of benzene rings is 2. The molecule has 0 aliphatic heterocycles. The molecule has 2 fully saturated rings. The third kappa shape index (κ3) is 5.75. The molecule has 4 unspecified atom stereocenters. The first-order valence-electron chi connectivity index (χ1n) is 11.1. The van der Waals surface area contributed by atoms with E-state index in [9.17, 15) is 9.59 Å². The predicted octanol–water partition coefficient (Wildman–Crippen LogP) is 3.56. The van der Waals surface area contributed by atoms with Gasteiger partial charge in [-0.05, 0) is 35.8 Å². The molecule has 4 atom stereocenters. The highest BCUT2D eigenvalue weighted by atomic mass is 32.1. The van der Waals surface area contributed by atoms with Gasteiger partial charge in [0.1, 0.15) is 9.98 Å². The Balaban J connectivity index is 1.19. The molecule has 0 aromatic heterocycles. The lowest BCUT2D eigenvalue weighted by Gasteiger charge is -2.23. The van der Waals surface area contributed by atoms with Crippen LogP contribution in [0.2, 0.25) is 0 Å². The monoisotopic (exact) mass is 480 g/mol. The highest BCUT2D eigenvalue weighted by Gasteiger charge is 2.46. The van der Waals surface area contributed by atoms with Gasteiger partial charge in [-0.1, -0.05) is 85.1 Å². The number of rotatable bonds is 6. The molecule has 2 aromatic carbocycles. The average molecular weight is 481 g/mol. The normalized spacial score (nSPS) is 22.6. The van der Waals surface area contributed by atoms with E-state index < -0.39 is 0 Å². The molecule has 0 radical (unpaired) electrons. The van der Waals surface area contributed by atoms with Crippen LogP contribution in [0.3, 0.4) is 0 Å². The number of nitrogens with zero attached hydrogens (tertiary/aromatic N) is 2. The number of carbonyl (C=O) groups is 2. The van der Waals surface area contributed by atoms with E-state index in [2.05, 4.69) is 35.1 Å². The zero-order valence-electron chi connectivity index (χ0n) is 18.7. The van der Waals surface area contributed by atoms with Crippen molar-refractivity contribution in [1.29, 1.82) is 0 Å². The summed E-state index contributed by atoms with van der Waals surface area (Å²) < 4.78 is 0. The SMILES string of the molecule is CN(NC(=S)CC(=S)NN(C)C(=O)C1CC1c1ccccc1)C(=O)C1CC1c1ccccc1. The molecule has 2 saturated carbocycles. The van der Waals surface area contributed by atoms with Crippen molar-refractivity contribution < 1.29 is 9.59 Å². The zero-order valence-corrected chi connectivity index (χ0v) is 20.4. The third-order valence-electron chi connectivity index (χ3n) is 6.24. The Kier molecular flexibility index (Phi) is 7.05. The minimum Gasteiger partial charge on any atom is -0.289 e. The molecule has 6 nitrogen and oxygen atoms in total. The Morgan fingerprint density at radius 1 is 0.758 bits per heavy atom. The number of hydrazine groups is 2. The summed E-state index contributed by atoms with van der Waals surface area (Å²) in [5, 5.41) is 2.89. The Bertz CT molecular complexity index is 963. The van der Waals surface area contributed by atoms with Gasteiger partial charge >= 0.3 is 0 Å². The van der Waals surface area contributed by atoms with Crippen molar-refractivity contribution in [2.75, 3.05) is 14.1 Å². The Morgan fingerprint density at radius 3 is 1.48 bits per heavy atom. The molecule has 33 heavy (non-hydrogen) atoms. The largest absolute Gasteiger partial charge is 0.289 e. The lowest BCUT2D eigenvalue weighted by Crippen LogP contribution is -2.47. The lowest BCUT2D eigenvalue weighted by atomic mass is 10.1. The summed E-state index contributed by atoms with van der Waals surface area (Å²) >= 11 is 10.8. The minimum atomic E-state index is -0.0300. The van der Waals surface area contributed by atoms with Crippen molar-refractivity contribution in [1.82, 2.24) is 20.9 Å². The van der Waals surface area contributed by atoms with Gasteiger partial charge in [-0.15, -0.1) is 0 Å². The Hall–Kier alpha value is -2.84. The van der Waals surface area contributed by atoms with E-state index in [0.717, 1.165) is 12.8 Å². The van der Waals surface area contributed by atoms with Crippen LogP contribution in [0.4, 0.5) is 0 Å². The molecule has 2 aliphatic carbocycles. The van der Waals surface area contributed by atoms with Crippen molar-refractivity contribution in [2.24, 2.45) is 11.8 Å². The van der Waals surface area contributed by atoms with Crippen LogP contribution in [-0.2, 0) is 9.59 Å². The first-order valence-corrected chi connectivity index (χ1v) is 11.9. The zero-order chi connectivity index (χ0) is 23.5. The maximum atomic E-state index is 12.7. The summed E-state index contributed by atoms with van der Waals surface area (Å²) in [6.45, 7) is 0. The number of hydrogen-bond acceptors (Lipinski definition) is 4. The van der Waals surface area contributed by atoms with Gasteiger partial charge in [0.2, 0.25) is 11.8 Å². The molecule has 172 valence electrons. The summed E-state index contributed by atoms with van der Waals surface area (Å²) in [7, 11) is 3.36. The molecule has 0 bridgehead atoms. The maximum absolute atomic E-state index is 12.7. The van der Waals surface area contributed by atoms with E-state index >= 15 is 0 Å². The fraction of sp³-hybridized carbons (Fsp3) is 0.360. The fourth-order valence-electron chi connectivity index (χ4n) is 4.28. The van der Waals surface area contributed by atoms with E-state index in [1.165, 1.54) is 21.1 Å². The summed E-state index contributed by atoms with van der Waals surface area (Å²) in [6, 6.07) is 20.2. The van der Waals surface area contributed by atoms with Crippen molar-refractivity contribution in [3.05, 3.63) is 71.8 Å². The summed E-state index contributed by atoms with van der Waals surface area (Å²) in [5.74, 6) is 0.494. The van der Waals surface area contributed by atoms with Crippen molar-refractivity contribution in [2.45, 2.75) is 31.1 Å². The van der Waals surface area contributed by atoms with Gasteiger partial charge in [-0.3, -0.25) is 30.5 Å². The lowest BCUT2D eigenvalue weighted by molar-refractivity contribution is -0.133. The molecule has 2 N–H and O–H groups in total. The summed E-state index contributed by atoms with van der Waals surface area (Å²) in [4.78, 5) is 26.3. The van der Waals surface area contributed by atoms with Crippen LogP contribution in [0.5, 0.6) is 0 Å². The van der Waals surface area contributed by atoms with E-state index in [0.29, 0.717) is 9.98 Å². The molecule has 2 amide bonds. The summed E-state index contributed by atoms with van der Waals surface area (Å²) in [6.07, 6.45) is 1.94. The quantitative estimate of drug-likeness (QED) is 0.487. The van der Waals surface area contributed by atoms with Crippen molar-refractivity contribution in [3.8, 4) is 0 Å². The van der Waals surface area contributed by atoms with Crippen LogP contribution in [0.15, 0.2) is 60.7 Å². The number of thiocarbonyl (C=S) groups is 2. The molecule has 4 rings (SSSR count). The first-order chi connectivity index (χ1) is 15.8. The topological polar surface area (TPSA) is 64.7 Å². The van der Waals surface area contributed by atoms with Gasteiger partial charge < -0.3 is 0 Å². The number of nitrogens with one attached hydrogen (secondary N) is 2. The highest BCUT2D eigenvalue weighted by molar-refractivity contribution is 7.82. The van der Waals surface area contributed by atoms with E-state index in [1.807, 2.05) is 36.4 Å². The van der Waals surface area contributed by atoms with Crippen LogP contribution < -0.4 is 10.9 Å². The van der Waals surface area contributed by atoms with Crippen LogP contribution >= 0.6 is 24.4 Å². The van der Waals surface area contributed by atoms with Crippen LogP contribution in [-0.4, -0.2) is 45.9 Å². The van der Waals surface area contributed by atoms with Crippen LogP contribution in [0.25, 0.3) is 0 Å². The fourth-order valence-corrected chi connectivity index (χ4v) is 4.93. The third-order valence-corrected chi connectivity index (χ3v) is 6.71. The number of carbonyl (C=O) groups excluding carboxylic acids is 2. The standard InChI is InChI=1S/C25H28N4O2S2/c1-28(24(30)20-13-18(20)16-9-5-3-6-10-16)26-22(32)15-23(33)27-29(2)25(31)21-14-19(21)17-11-7-4-8-12-17/h3-12,18-21H,13-15H2,1-2H3,(H,26,32)(H,27,33). The van der Waals surface area contributed by atoms with Gasteiger partial charge in [-0.2, -0.15) is 0 Å². The number of amides is 2. The maximum Gasteiger partial charge on any atom is 0.244 e.